The van der Waals surface area contributed by atoms with E-state index in [2.05, 4.69) is 267 Å². The first-order valence-corrected chi connectivity index (χ1v) is 36.2. The van der Waals surface area contributed by atoms with Gasteiger partial charge in [-0.05, 0) is 111 Å². The van der Waals surface area contributed by atoms with Crippen molar-refractivity contribution in [3.05, 3.63) is 229 Å². The fourth-order valence-corrected chi connectivity index (χ4v) is 26.6. The van der Waals surface area contributed by atoms with Crippen molar-refractivity contribution in [3.63, 3.8) is 0 Å². The minimum Gasteiger partial charge on any atom is -0.0985 e. The van der Waals surface area contributed by atoms with Crippen molar-refractivity contribution < 1.29 is 0 Å². The Hall–Kier alpha value is -3.48. The number of halogens is 3. The van der Waals surface area contributed by atoms with Crippen LogP contribution in [0.1, 0.15) is 163 Å². The Bertz CT molecular complexity index is 2450. The van der Waals surface area contributed by atoms with Gasteiger partial charge in [0.05, 0.1) is 0 Å². The third-order valence-corrected chi connectivity index (χ3v) is 30.6. The molecule has 0 saturated carbocycles. The number of aryl methyl sites for hydroxylation is 7. The molecule has 0 heterocycles. The minimum atomic E-state index is -2.29. The van der Waals surface area contributed by atoms with E-state index in [9.17, 15) is 0 Å². The standard InChI is InChI=1S/C10H13Br.C10H14.2C9H9Br.C9H9.C9H10.3C4H9.Sn/c1-7-4-5-8(2)10(6-7)9(3)11;1-8(2)10-7-5-4-6-9(10)3;2*1-3-8-6-7(2)4-5-9(8)10;1-3-9-6-4-5-8(2)7-9;1-3-9-7-5-4-6-8(9)2;3*1-3-4-2;/h4-6,9H,1-3H3;4-8H,1-3H3;2*3-6H,1H2,2H3;3-5,7H,1H2,2H3;3-7H,1H2,2H3;3*1,3-4H2,2H3;/i11-1;;2*10-1;;;;;;. The number of hydrogen-bond donors (Lipinski definition) is 0. The SMILES string of the molecule is C=Cc1cc(C)cc[c]1[Sn]([CH2]CCC)([CH2]CCC)[CH2]CCC.C=Cc1cc(C)ccc1[79Br].C=Cc1cc(C)ccc1[79Br].C=Cc1ccccc1C.Cc1ccc(C)c(C(C)[79Br])c1.Cc1ccccc1C(C)C. The van der Waals surface area contributed by atoms with Gasteiger partial charge in [0.25, 0.3) is 0 Å². The van der Waals surface area contributed by atoms with Gasteiger partial charge in [0, 0.05) is 13.8 Å². The van der Waals surface area contributed by atoms with Gasteiger partial charge in [-0.3, -0.25) is 0 Å². The van der Waals surface area contributed by atoms with Crippen molar-refractivity contribution in [3.8, 4) is 0 Å². The maximum atomic E-state index is 4.12. The molecule has 0 N–H and O–H groups in total. The van der Waals surface area contributed by atoms with Gasteiger partial charge < -0.3 is 0 Å². The Kier molecular flexibility index (Phi) is 34.5. The Morgan fingerprint density at radius 2 is 0.806 bits per heavy atom. The van der Waals surface area contributed by atoms with Crippen LogP contribution in [0.15, 0.2) is 157 Å². The molecule has 388 valence electrons. The molecule has 0 amide bonds. The van der Waals surface area contributed by atoms with Crippen LogP contribution in [0.3, 0.4) is 0 Å². The van der Waals surface area contributed by atoms with Crippen LogP contribution in [0.4, 0.5) is 0 Å². The molecule has 1 unspecified atom stereocenters. The molecule has 1 atom stereocenters. The summed E-state index contributed by atoms with van der Waals surface area (Å²) in [5.74, 6) is 0.654. The maximum absolute atomic E-state index is 4.12. The van der Waals surface area contributed by atoms with Crippen molar-refractivity contribution in [2.24, 2.45) is 0 Å². The van der Waals surface area contributed by atoms with E-state index in [1.807, 2.05) is 42.5 Å². The second kappa shape index (κ2) is 37.3. The summed E-state index contributed by atoms with van der Waals surface area (Å²) < 4.78 is 8.59. The zero-order valence-electron chi connectivity index (χ0n) is 46.8. The molecule has 72 heavy (non-hydrogen) atoms. The molecule has 0 aromatic heterocycles. The zero-order valence-corrected chi connectivity index (χ0v) is 54.4. The average Bonchev–Trinajstić information content (AvgIpc) is 3.37. The van der Waals surface area contributed by atoms with Crippen molar-refractivity contribution in [1.29, 1.82) is 0 Å². The summed E-state index contributed by atoms with van der Waals surface area (Å²) in [5, 5.41) is 0. The molecule has 0 fully saturated rings. The average molecular weight is 1260 g/mol. The van der Waals surface area contributed by atoms with Crippen LogP contribution < -0.4 is 3.58 Å². The first-order chi connectivity index (χ1) is 34.3. The number of hydrogen-bond acceptors (Lipinski definition) is 0. The molecule has 6 aromatic rings. The van der Waals surface area contributed by atoms with E-state index in [1.54, 1.807) is 3.58 Å². The summed E-state index contributed by atoms with van der Waals surface area (Å²) in [5.41, 5.74) is 17.1. The van der Waals surface area contributed by atoms with E-state index in [4.69, 9.17) is 0 Å². The van der Waals surface area contributed by atoms with Crippen LogP contribution in [-0.2, 0) is 0 Å². The molecule has 0 aliphatic carbocycles. The fourth-order valence-electron chi connectivity index (χ4n) is 8.54. The van der Waals surface area contributed by atoms with Crippen LogP contribution in [0.5, 0.6) is 0 Å². The van der Waals surface area contributed by atoms with Crippen molar-refractivity contribution in [2.45, 2.75) is 153 Å². The molecule has 0 saturated heterocycles. The minimum absolute atomic E-state index is 0.461. The smallest absolute Gasteiger partial charge is 0.0369 e. The van der Waals surface area contributed by atoms with Crippen molar-refractivity contribution >= 4 is 94.1 Å². The summed E-state index contributed by atoms with van der Waals surface area (Å²) >= 11 is 8.11. The van der Waals surface area contributed by atoms with E-state index in [1.165, 1.54) is 113 Å². The largest absolute Gasteiger partial charge is 0.0985 e. The van der Waals surface area contributed by atoms with Crippen LogP contribution >= 0.6 is 47.8 Å². The molecule has 0 radical (unpaired) electrons. The molecular weight excluding hydrogens is 1170 g/mol. The number of unbranched alkanes of at least 4 members (excludes halogenated alkanes) is 3. The van der Waals surface area contributed by atoms with E-state index in [-0.39, 0.29) is 0 Å². The molecule has 0 aliphatic rings. The molecule has 6 aromatic carbocycles. The summed E-state index contributed by atoms with van der Waals surface area (Å²) in [6.45, 7) is 43.7. The summed E-state index contributed by atoms with van der Waals surface area (Å²) in [6, 6.07) is 42.9. The van der Waals surface area contributed by atoms with Crippen molar-refractivity contribution in [1.82, 2.24) is 0 Å². The molecule has 4 heteroatoms. The zero-order chi connectivity index (χ0) is 54.2. The van der Waals surface area contributed by atoms with E-state index in [0.29, 0.717) is 10.7 Å². The topological polar surface area (TPSA) is 0 Å². The van der Waals surface area contributed by atoms with Crippen LogP contribution in [-0.4, -0.2) is 18.4 Å². The fraction of sp³-hybridized carbons (Fsp3) is 0.353. The number of alkyl halides is 1. The predicted molar refractivity (Wildman–Crippen MR) is 344 cm³/mol. The van der Waals surface area contributed by atoms with Crippen LogP contribution in [0, 0.1) is 48.5 Å². The van der Waals surface area contributed by atoms with Gasteiger partial charge in [-0.2, -0.15) is 0 Å². The van der Waals surface area contributed by atoms with Crippen molar-refractivity contribution in [2.75, 3.05) is 0 Å². The molecule has 0 bridgehead atoms. The van der Waals surface area contributed by atoms with E-state index in [0.717, 1.165) is 20.1 Å². The Labute approximate surface area is 471 Å². The van der Waals surface area contributed by atoms with Gasteiger partial charge in [-0.15, -0.1) is 0 Å². The summed E-state index contributed by atoms with van der Waals surface area (Å²) in [6.07, 6.45) is 16.0. The summed E-state index contributed by atoms with van der Waals surface area (Å²) in [7, 11) is 0. The Morgan fingerprint density at radius 3 is 1.15 bits per heavy atom. The number of benzene rings is 6. The monoisotopic (exact) mass is 1260 g/mol. The first kappa shape index (κ1) is 66.5. The summed E-state index contributed by atoms with van der Waals surface area (Å²) in [4.78, 5) is 0.461. The molecule has 0 aliphatic heterocycles. The van der Waals surface area contributed by atoms with Gasteiger partial charge in [-0.25, -0.2) is 0 Å². The Morgan fingerprint density at radius 1 is 0.431 bits per heavy atom. The second-order valence-corrected chi connectivity index (χ2v) is 35.6. The predicted octanol–water partition coefficient (Wildman–Crippen LogP) is 23.0. The Balaban J connectivity index is 0.000000449. The maximum Gasteiger partial charge on any atom is 0.0369 e. The van der Waals surface area contributed by atoms with Gasteiger partial charge in [0.1, 0.15) is 0 Å². The molecule has 0 nitrogen and oxygen atoms in total. The first-order valence-electron chi connectivity index (χ1n) is 26.2. The number of rotatable bonds is 16. The van der Waals surface area contributed by atoms with E-state index < -0.39 is 18.4 Å². The second-order valence-electron chi connectivity index (χ2n) is 19.4. The van der Waals surface area contributed by atoms with Crippen LogP contribution in [0.25, 0.3) is 24.3 Å². The van der Waals surface area contributed by atoms with Gasteiger partial charge in [0.15, 0.2) is 0 Å². The normalized spacial score (nSPS) is 10.7. The van der Waals surface area contributed by atoms with Gasteiger partial charge >= 0.3 is 143 Å². The molecule has 0 spiro atoms. The molecular formula is C68H91Br3Sn. The quantitative estimate of drug-likeness (QED) is 0.0669. The van der Waals surface area contributed by atoms with Crippen LogP contribution in [0.2, 0.25) is 13.3 Å². The van der Waals surface area contributed by atoms with Gasteiger partial charge in [0.2, 0.25) is 0 Å². The van der Waals surface area contributed by atoms with Gasteiger partial charge in [-0.1, -0.05) is 207 Å². The third-order valence-electron chi connectivity index (χ3n) is 12.8. The van der Waals surface area contributed by atoms with E-state index >= 15 is 0 Å². The molecule has 6 rings (SSSR count). The third kappa shape index (κ3) is 24.7.